The summed E-state index contributed by atoms with van der Waals surface area (Å²) in [6, 6.07) is 33.6. The molecule has 7 nitrogen and oxygen atoms in total. The maximum atomic E-state index is 11.9. The molecule has 2 heterocycles. The topological polar surface area (TPSA) is 84.1 Å². The van der Waals surface area contributed by atoms with Crippen LogP contribution in [0.5, 0.6) is 0 Å². The van der Waals surface area contributed by atoms with Gasteiger partial charge in [-0.15, -0.1) is 0 Å². The number of hydrogen-bond acceptors (Lipinski definition) is 4. The lowest BCUT2D eigenvalue weighted by Gasteiger charge is -2.22. The van der Waals surface area contributed by atoms with Crippen molar-refractivity contribution in [3.63, 3.8) is 0 Å². The second-order valence-electron chi connectivity index (χ2n) is 14.0. The molecule has 0 atom stereocenters. The second kappa shape index (κ2) is 12.8. The number of carboxylic acids is 2. The Labute approximate surface area is 302 Å². The molecule has 52 heavy (non-hydrogen) atoms. The molecule has 0 saturated carbocycles. The van der Waals surface area contributed by atoms with E-state index in [1.54, 1.807) is 0 Å². The van der Waals surface area contributed by atoms with Crippen LogP contribution >= 0.6 is 0 Å². The van der Waals surface area contributed by atoms with E-state index in [9.17, 15) is 19.8 Å². The number of carboxylic acid groups (broad SMARTS) is 2. The number of nitrogens with zero attached hydrogens (tertiary/aromatic N) is 3. The first kappa shape index (κ1) is 33.0. The molecule has 0 unspecified atom stereocenters. The minimum absolute atomic E-state index is 0.00110. The Morgan fingerprint density at radius 2 is 1.15 bits per heavy atom. The summed E-state index contributed by atoms with van der Waals surface area (Å²) in [5.74, 6) is -0.783. The first-order valence-corrected chi connectivity index (χ1v) is 17.7. The molecule has 0 fully saturated rings. The number of hydrogen-bond donors (Lipinski definition) is 2. The summed E-state index contributed by atoms with van der Waals surface area (Å²) in [7, 11) is 2.04. The molecule has 6 aromatic rings. The van der Waals surface area contributed by atoms with Crippen LogP contribution in [0.4, 0.5) is 17.1 Å². The average Bonchev–Trinajstić information content (AvgIpc) is 3.56. The monoisotopic (exact) mass is 686 g/mol. The third kappa shape index (κ3) is 5.23. The van der Waals surface area contributed by atoms with Gasteiger partial charge in [-0.3, -0.25) is 9.59 Å². The van der Waals surface area contributed by atoms with Crippen molar-refractivity contribution in [2.75, 3.05) is 29.9 Å². The third-order valence-electron chi connectivity index (χ3n) is 10.7. The minimum Gasteiger partial charge on any atom is -0.481 e. The first-order chi connectivity index (χ1) is 25.2. The maximum absolute atomic E-state index is 11.9. The van der Waals surface area contributed by atoms with Crippen LogP contribution in [0.25, 0.3) is 43.1 Å². The summed E-state index contributed by atoms with van der Waals surface area (Å²) in [5, 5.41) is 28.6. The molecular formula is C45H40N3O4+. The second-order valence-corrected chi connectivity index (χ2v) is 14.0. The van der Waals surface area contributed by atoms with Gasteiger partial charge in [0, 0.05) is 36.0 Å². The Hall–Kier alpha value is -6.21. The van der Waals surface area contributed by atoms with Gasteiger partial charge in [-0.1, -0.05) is 109 Å². The summed E-state index contributed by atoms with van der Waals surface area (Å²) in [6.07, 6.45) is 10.2. The number of rotatable bonds is 9. The van der Waals surface area contributed by atoms with Crippen LogP contribution in [0.1, 0.15) is 32.3 Å². The van der Waals surface area contributed by atoms with Crippen molar-refractivity contribution in [3.05, 3.63) is 139 Å². The number of anilines is 2. The Morgan fingerprint density at radius 1 is 0.654 bits per heavy atom. The molecule has 0 bridgehead atoms. The molecule has 0 spiro atoms. The van der Waals surface area contributed by atoms with Crippen molar-refractivity contribution in [1.82, 2.24) is 0 Å². The highest BCUT2D eigenvalue weighted by Gasteiger charge is 2.47. The summed E-state index contributed by atoms with van der Waals surface area (Å²) in [6.45, 7) is 5.12. The number of aliphatic carboxylic acids is 2. The van der Waals surface area contributed by atoms with Gasteiger partial charge in [0.25, 0.3) is 0 Å². The number of carbonyl (C=O) groups is 2. The van der Waals surface area contributed by atoms with Crippen molar-refractivity contribution in [2.24, 2.45) is 0 Å². The van der Waals surface area contributed by atoms with Crippen LogP contribution in [-0.2, 0) is 15.0 Å². The quantitative estimate of drug-likeness (QED) is 0.0896. The zero-order valence-corrected chi connectivity index (χ0v) is 29.5. The maximum Gasteiger partial charge on any atom is 0.309 e. The van der Waals surface area contributed by atoms with Gasteiger partial charge in [0.1, 0.15) is 12.2 Å². The van der Waals surface area contributed by atoms with E-state index in [0.717, 1.165) is 60.9 Å². The first-order valence-electron chi connectivity index (χ1n) is 17.7. The molecule has 2 N–H and O–H groups in total. The zero-order valence-electron chi connectivity index (χ0n) is 29.5. The molecule has 7 heteroatoms. The zero-order chi connectivity index (χ0) is 36.1. The number of benzene rings is 6. The minimum atomic E-state index is -0.843. The van der Waals surface area contributed by atoms with Gasteiger partial charge in [-0.05, 0) is 52.9 Å². The molecule has 0 aromatic heterocycles. The summed E-state index contributed by atoms with van der Waals surface area (Å²) < 4.78 is 2.20. The highest BCUT2D eigenvalue weighted by atomic mass is 16.4. The van der Waals surface area contributed by atoms with E-state index >= 15 is 0 Å². The van der Waals surface area contributed by atoms with E-state index in [2.05, 4.69) is 107 Å². The fourth-order valence-electron chi connectivity index (χ4n) is 8.47. The van der Waals surface area contributed by atoms with Gasteiger partial charge in [-0.2, -0.15) is 4.58 Å². The van der Waals surface area contributed by atoms with E-state index in [1.807, 2.05) is 55.6 Å². The van der Waals surface area contributed by atoms with Crippen LogP contribution in [0.15, 0.2) is 133 Å². The molecule has 0 saturated heterocycles. The molecule has 2 aliphatic heterocycles. The van der Waals surface area contributed by atoms with Crippen molar-refractivity contribution < 1.29 is 24.4 Å². The Balaban J connectivity index is 1.21. The average molecular weight is 687 g/mol. The molecule has 2 aliphatic rings. The normalized spacial score (nSPS) is 16.1. The van der Waals surface area contributed by atoms with Crippen LogP contribution in [-0.4, -0.2) is 52.6 Å². The van der Waals surface area contributed by atoms with Gasteiger partial charge in [0.2, 0.25) is 5.69 Å². The van der Waals surface area contributed by atoms with E-state index < -0.39 is 17.4 Å². The predicted molar refractivity (Wildman–Crippen MR) is 212 cm³/mol. The predicted octanol–water partition coefficient (Wildman–Crippen LogP) is 9.54. The molecule has 258 valence electrons. The van der Waals surface area contributed by atoms with Crippen molar-refractivity contribution in [3.8, 4) is 0 Å². The molecular weight excluding hydrogens is 647 g/mol. The van der Waals surface area contributed by atoms with E-state index in [4.69, 9.17) is 0 Å². The van der Waals surface area contributed by atoms with Gasteiger partial charge in [0.15, 0.2) is 12.3 Å². The largest absolute Gasteiger partial charge is 0.481 e. The summed E-state index contributed by atoms with van der Waals surface area (Å²) in [5.41, 5.74) is 4.99. The van der Waals surface area contributed by atoms with Gasteiger partial charge < -0.3 is 20.0 Å². The molecule has 0 radical (unpaired) electrons. The Bertz CT molecular complexity index is 2590. The highest BCUT2D eigenvalue weighted by Crippen LogP contribution is 2.51. The van der Waals surface area contributed by atoms with Crippen LogP contribution < -0.4 is 9.80 Å². The van der Waals surface area contributed by atoms with Gasteiger partial charge in [-0.25, -0.2) is 0 Å². The SMILES string of the molecule is CN1/C(=C/C=C/C=C/C2=[N+](CCC(=O)O)c3c(c4ccccc4c4ccccc34)C2(C)C)N(CCC(=O)O)c2c1c1ccccc1c1ccccc21. The van der Waals surface area contributed by atoms with Crippen LogP contribution in [0, 0.1) is 0 Å². The van der Waals surface area contributed by atoms with Crippen molar-refractivity contribution in [2.45, 2.75) is 32.1 Å². The molecule has 0 amide bonds. The number of fused-ring (bicyclic) bond motifs is 12. The van der Waals surface area contributed by atoms with E-state index in [0.29, 0.717) is 13.1 Å². The Kier molecular flexibility index (Phi) is 8.14. The standard InChI is InChI=1S/C45H39N3O4/c1-45(2)37(47(27-25-39(49)50)42-34-20-12-8-16-30(34)29-15-7-11-19-33(29)41(42)45)23-5-4-6-24-38-46(3)43-35-21-13-9-17-31(35)32-18-10-14-22-36(32)44(43)48(38)28-26-40(51)52/h4-24H,25-28H2,1-3H3,(H-,49,50,51,52)/p+1. The van der Waals surface area contributed by atoms with Gasteiger partial charge in [0.05, 0.1) is 28.6 Å². The lowest BCUT2D eigenvalue weighted by Crippen LogP contribution is -2.28. The molecule has 6 aromatic carbocycles. The fourth-order valence-corrected chi connectivity index (χ4v) is 8.47. The van der Waals surface area contributed by atoms with Crippen molar-refractivity contribution >= 4 is 77.8 Å². The lowest BCUT2D eigenvalue weighted by molar-refractivity contribution is -0.435. The van der Waals surface area contributed by atoms with Crippen LogP contribution in [0.2, 0.25) is 0 Å². The van der Waals surface area contributed by atoms with Gasteiger partial charge >= 0.3 is 11.9 Å². The van der Waals surface area contributed by atoms with Crippen molar-refractivity contribution in [1.29, 1.82) is 0 Å². The summed E-state index contributed by atoms with van der Waals surface area (Å²) in [4.78, 5) is 28.0. The molecule has 8 rings (SSSR count). The lowest BCUT2D eigenvalue weighted by atomic mass is 9.78. The van der Waals surface area contributed by atoms with E-state index in [-0.39, 0.29) is 12.8 Å². The van der Waals surface area contributed by atoms with Crippen LogP contribution in [0.3, 0.4) is 0 Å². The fraction of sp³-hybridized carbons (Fsp3) is 0.178. The van der Waals surface area contributed by atoms with E-state index in [1.165, 1.54) is 16.3 Å². The summed E-state index contributed by atoms with van der Waals surface area (Å²) >= 11 is 0. The molecule has 0 aliphatic carbocycles. The third-order valence-corrected chi connectivity index (χ3v) is 10.7. The Morgan fingerprint density at radius 3 is 1.75 bits per heavy atom. The smallest absolute Gasteiger partial charge is 0.309 e. The highest BCUT2D eigenvalue weighted by molar-refractivity contribution is 6.22. The number of allylic oxidation sites excluding steroid dienone is 5.